The van der Waals surface area contributed by atoms with Crippen LogP contribution in [-0.2, 0) is 0 Å². The van der Waals surface area contributed by atoms with Gasteiger partial charge in [0, 0.05) is 6.54 Å². The van der Waals surface area contributed by atoms with E-state index in [2.05, 4.69) is 36.9 Å². The lowest BCUT2D eigenvalue weighted by Gasteiger charge is -2.03. The zero-order chi connectivity index (χ0) is 11.4. The van der Waals surface area contributed by atoms with Crippen LogP contribution in [0.15, 0.2) is 25.3 Å². The Morgan fingerprint density at radius 1 is 1.44 bits per heavy atom. The molecule has 0 saturated heterocycles. The first-order chi connectivity index (χ1) is 7.79. The molecule has 2 rings (SSSR count). The summed E-state index contributed by atoms with van der Waals surface area (Å²) in [5, 5.41) is 6.90. The summed E-state index contributed by atoms with van der Waals surface area (Å²) in [5.74, 6) is 0.675. The van der Waals surface area contributed by atoms with Crippen LogP contribution in [0.4, 0.5) is 5.95 Å². The quantitative estimate of drug-likeness (QED) is 0.789. The van der Waals surface area contributed by atoms with Crippen LogP contribution in [0.25, 0.3) is 5.95 Å². The van der Waals surface area contributed by atoms with Crippen LogP contribution >= 0.6 is 11.6 Å². The van der Waals surface area contributed by atoms with Crippen LogP contribution in [-0.4, -0.2) is 36.3 Å². The van der Waals surface area contributed by atoms with E-state index in [9.17, 15) is 0 Å². The van der Waals surface area contributed by atoms with Gasteiger partial charge in [-0.25, -0.2) is 4.98 Å². The molecule has 0 aliphatic rings. The van der Waals surface area contributed by atoms with Gasteiger partial charge in [0.1, 0.15) is 12.7 Å². The summed E-state index contributed by atoms with van der Waals surface area (Å²) in [7, 11) is 0. The van der Waals surface area contributed by atoms with E-state index in [4.69, 9.17) is 11.6 Å². The number of nitrogens with one attached hydrogen (secondary N) is 1. The van der Waals surface area contributed by atoms with Crippen LogP contribution in [0.3, 0.4) is 0 Å². The molecule has 2 heterocycles. The van der Waals surface area contributed by atoms with Gasteiger partial charge in [0.25, 0.3) is 5.95 Å². The molecule has 0 saturated carbocycles. The summed E-state index contributed by atoms with van der Waals surface area (Å²) in [6, 6.07) is 0. The maximum Gasteiger partial charge on any atom is 0.258 e. The Morgan fingerprint density at radius 2 is 2.31 bits per heavy atom. The highest BCUT2D eigenvalue weighted by Crippen LogP contribution is 2.07. The molecule has 16 heavy (non-hydrogen) atoms. The number of hydrogen-bond acceptors (Lipinski definition) is 6. The van der Waals surface area contributed by atoms with Gasteiger partial charge in [0.15, 0.2) is 0 Å². The molecule has 1 N–H and O–H groups in total. The third-order valence-corrected chi connectivity index (χ3v) is 1.79. The highest BCUT2D eigenvalue weighted by atomic mass is 35.5. The SMILES string of the molecule is C=CCNc1nc(Cl)nc(-n2cncn2)n1. The average Bonchev–Trinajstić information content (AvgIpc) is 2.79. The fourth-order valence-electron chi connectivity index (χ4n) is 0.996. The van der Waals surface area contributed by atoms with E-state index < -0.39 is 0 Å². The lowest BCUT2D eigenvalue weighted by molar-refractivity contribution is 0.795. The van der Waals surface area contributed by atoms with Crippen molar-refractivity contribution in [1.82, 2.24) is 29.7 Å². The summed E-state index contributed by atoms with van der Waals surface area (Å²) in [6.45, 7) is 4.12. The summed E-state index contributed by atoms with van der Waals surface area (Å²) in [5.41, 5.74) is 0. The van der Waals surface area contributed by atoms with E-state index in [0.717, 1.165) is 0 Å². The molecule has 7 nitrogen and oxygen atoms in total. The van der Waals surface area contributed by atoms with E-state index in [1.165, 1.54) is 17.3 Å². The smallest absolute Gasteiger partial charge is 0.258 e. The van der Waals surface area contributed by atoms with Crippen LogP contribution in [0.2, 0.25) is 5.28 Å². The van der Waals surface area contributed by atoms with Gasteiger partial charge >= 0.3 is 0 Å². The van der Waals surface area contributed by atoms with Crippen molar-refractivity contribution in [3.05, 3.63) is 30.6 Å². The van der Waals surface area contributed by atoms with E-state index in [0.29, 0.717) is 18.4 Å². The minimum absolute atomic E-state index is 0.0899. The molecule has 8 heteroatoms. The van der Waals surface area contributed by atoms with Crippen molar-refractivity contribution in [3.8, 4) is 5.95 Å². The zero-order valence-corrected chi connectivity index (χ0v) is 8.96. The number of rotatable bonds is 4. The van der Waals surface area contributed by atoms with Crippen molar-refractivity contribution in [3.63, 3.8) is 0 Å². The third kappa shape index (κ3) is 2.31. The van der Waals surface area contributed by atoms with Gasteiger partial charge in [-0.1, -0.05) is 6.08 Å². The lowest BCUT2D eigenvalue weighted by Crippen LogP contribution is -2.09. The largest absolute Gasteiger partial charge is 0.351 e. The molecule has 0 spiro atoms. The molecule has 0 unspecified atom stereocenters. The predicted molar refractivity (Wildman–Crippen MR) is 58.4 cm³/mol. The maximum absolute atomic E-state index is 5.76. The Balaban J connectivity index is 2.32. The van der Waals surface area contributed by atoms with Gasteiger partial charge in [-0.15, -0.1) is 6.58 Å². The van der Waals surface area contributed by atoms with E-state index in [1.54, 1.807) is 6.08 Å². The van der Waals surface area contributed by atoms with E-state index in [-0.39, 0.29) is 5.28 Å². The van der Waals surface area contributed by atoms with Crippen LogP contribution in [0.1, 0.15) is 0 Å². The monoisotopic (exact) mass is 237 g/mol. The van der Waals surface area contributed by atoms with Gasteiger partial charge in [0.2, 0.25) is 11.2 Å². The molecule has 0 atom stereocenters. The Bertz CT molecular complexity index is 481. The second-order valence-electron chi connectivity index (χ2n) is 2.74. The molecule has 0 aliphatic carbocycles. The Labute approximate surface area is 96.2 Å². The molecule has 0 aromatic carbocycles. The van der Waals surface area contributed by atoms with Gasteiger partial charge in [-0.05, 0) is 11.6 Å². The maximum atomic E-state index is 5.76. The predicted octanol–water partition coefficient (Wildman–Crippen LogP) is 0.704. The number of halogens is 1. The fourth-order valence-corrected chi connectivity index (χ4v) is 1.15. The molecule has 0 fully saturated rings. The normalized spacial score (nSPS) is 10.1. The number of hydrogen-bond donors (Lipinski definition) is 1. The zero-order valence-electron chi connectivity index (χ0n) is 8.21. The van der Waals surface area contributed by atoms with Crippen LogP contribution in [0, 0.1) is 0 Å². The van der Waals surface area contributed by atoms with Crippen LogP contribution in [0.5, 0.6) is 0 Å². The summed E-state index contributed by atoms with van der Waals surface area (Å²) in [4.78, 5) is 15.7. The molecule has 0 bridgehead atoms. The van der Waals surface area contributed by atoms with Crippen LogP contribution < -0.4 is 5.32 Å². The first-order valence-corrected chi connectivity index (χ1v) is 4.79. The third-order valence-electron chi connectivity index (χ3n) is 1.62. The molecule has 0 aliphatic heterocycles. The molecule has 2 aromatic rings. The first kappa shape index (κ1) is 10.5. The average molecular weight is 238 g/mol. The van der Waals surface area contributed by atoms with Gasteiger partial charge in [-0.3, -0.25) is 0 Å². The van der Waals surface area contributed by atoms with E-state index in [1.807, 2.05) is 0 Å². The Kier molecular flexibility index (Phi) is 3.06. The first-order valence-electron chi connectivity index (χ1n) is 4.41. The number of nitrogens with zero attached hydrogens (tertiary/aromatic N) is 6. The molecular formula is C8H8ClN7. The second kappa shape index (κ2) is 4.67. The van der Waals surface area contributed by atoms with Crippen molar-refractivity contribution >= 4 is 17.5 Å². The fraction of sp³-hybridized carbons (Fsp3) is 0.125. The molecule has 2 aromatic heterocycles. The van der Waals surface area contributed by atoms with E-state index >= 15 is 0 Å². The number of aromatic nitrogens is 6. The minimum atomic E-state index is 0.0899. The molecule has 0 radical (unpaired) electrons. The highest BCUT2D eigenvalue weighted by Gasteiger charge is 2.06. The van der Waals surface area contributed by atoms with Crippen molar-refractivity contribution < 1.29 is 0 Å². The number of anilines is 1. The molecule has 0 amide bonds. The lowest BCUT2D eigenvalue weighted by atomic mass is 10.6. The Hall–Kier alpha value is -2.02. The Morgan fingerprint density at radius 3 is 3.00 bits per heavy atom. The molecular weight excluding hydrogens is 230 g/mol. The van der Waals surface area contributed by atoms with Gasteiger partial charge in [0.05, 0.1) is 0 Å². The summed E-state index contributed by atoms with van der Waals surface area (Å²) in [6.07, 6.45) is 4.55. The summed E-state index contributed by atoms with van der Waals surface area (Å²) >= 11 is 5.76. The second-order valence-corrected chi connectivity index (χ2v) is 3.08. The highest BCUT2D eigenvalue weighted by molar-refractivity contribution is 6.28. The van der Waals surface area contributed by atoms with Crippen molar-refractivity contribution in [1.29, 1.82) is 0 Å². The van der Waals surface area contributed by atoms with Gasteiger partial charge < -0.3 is 5.32 Å². The van der Waals surface area contributed by atoms with Crippen molar-refractivity contribution in [2.75, 3.05) is 11.9 Å². The van der Waals surface area contributed by atoms with Crippen molar-refractivity contribution in [2.24, 2.45) is 0 Å². The topological polar surface area (TPSA) is 81.4 Å². The van der Waals surface area contributed by atoms with Gasteiger partial charge in [-0.2, -0.15) is 24.7 Å². The van der Waals surface area contributed by atoms with Crippen molar-refractivity contribution in [2.45, 2.75) is 0 Å². The standard InChI is InChI=1S/C8H8ClN7/c1-2-3-11-7-13-6(9)14-8(15-7)16-5-10-4-12-16/h2,4-5H,1,3H2,(H,11,13,14,15). The minimum Gasteiger partial charge on any atom is -0.351 e. The summed E-state index contributed by atoms with van der Waals surface area (Å²) < 4.78 is 1.40. The molecule has 82 valence electrons.